The summed E-state index contributed by atoms with van der Waals surface area (Å²) < 4.78 is 42.4. The van der Waals surface area contributed by atoms with Gasteiger partial charge in [0.1, 0.15) is 12.2 Å². The number of unbranched alkanes of at least 4 members (excludes halogenated alkanes) is 20. The lowest BCUT2D eigenvalue weighted by molar-refractivity contribution is -0.170. The van der Waals surface area contributed by atoms with Crippen LogP contribution in [0.4, 0.5) is 4.79 Å². The first-order valence-corrected chi connectivity index (χ1v) is 27.3. The smallest absolute Gasteiger partial charge is 0.410 e. The average molecular weight is 927 g/mol. The van der Waals surface area contributed by atoms with E-state index < -0.39 is 42.8 Å². The van der Waals surface area contributed by atoms with E-state index in [-0.39, 0.29) is 32.5 Å². The molecule has 0 aromatic carbocycles. The molecule has 0 saturated carbocycles. The van der Waals surface area contributed by atoms with Crippen molar-refractivity contribution < 1.29 is 47.5 Å². The fraction of sp³-hybridized carbons (Fsp3) is 0.943. The SMILES string of the molecule is CCCCCCCCOC(CCC(=O)O[C@@H]1C[C@H](OC(=O)CCC(OCCCCCCCC)OCCCCCCCC)CN(C(=O)OCCCN(CC)CC)C1)OCCCCCCCC. The van der Waals surface area contributed by atoms with Gasteiger partial charge in [-0.15, -0.1) is 0 Å². The molecular weight excluding hydrogens is 825 g/mol. The summed E-state index contributed by atoms with van der Waals surface area (Å²) in [5.41, 5.74) is 0. The molecule has 0 N–H and O–H groups in total. The molecule has 384 valence electrons. The second-order valence-corrected chi connectivity index (χ2v) is 18.3. The number of nitrogens with zero attached hydrogens (tertiary/aromatic N) is 2. The van der Waals surface area contributed by atoms with Crippen molar-refractivity contribution in [3.05, 3.63) is 0 Å². The second-order valence-electron chi connectivity index (χ2n) is 18.3. The fourth-order valence-corrected chi connectivity index (χ4v) is 8.19. The van der Waals surface area contributed by atoms with Gasteiger partial charge in [-0.2, -0.15) is 0 Å². The second kappa shape index (κ2) is 44.5. The summed E-state index contributed by atoms with van der Waals surface area (Å²) in [6.07, 6.45) is 27.3. The van der Waals surface area contributed by atoms with Crippen LogP contribution in [-0.2, 0) is 42.7 Å². The Labute approximate surface area is 399 Å². The van der Waals surface area contributed by atoms with Crippen molar-refractivity contribution in [2.24, 2.45) is 0 Å². The van der Waals surface area contributed by atoms with Crippen molar-refractivity contribution in [2.75, 3.05) is 65.8 Å². The number of esters is 2. The number of ether oxygens (including phenoxy) is 7. The van der Waals surface area contributed by atoms with E-state index in [4.69, 9.17) is 33.2 Å². The lowest BCUT2D eigenvalue weighted by Crippen LogP contribution is -2.51. The molecule has 1 amide bonds. The number of piperidine rings is 1. The number of carbonyl (C=O) groups is 3. The van der Waals surface area contributed by atoms with Crippen LogP contribution < -0.4 is 0 Å². The van der Waals surface area contributed by atoms with E-state index >= 15 is 0 Å². The van der Waals surface area contributed by atoms with Crippen molar-refractivity contribution in [1.29, 1.82) is 0 Å². The van der Waals surface area contributed by atoms with Crippen LogP contribution >= 0.6 is 0 Å². The molecule has 0 aromatic heterocycles. The highest BCUT2D eigenvalue weighted by atomic mass is 16.7. The molecule has 1 fully saturated rings. The molecule has 2 atom stereocenters. The van der Waals surface area contributed by atoms with Crippen LogP contribution in [0.25, 0.3) is 0 Å². The third-order valence-corrected chi connectivity index (χ3v) is 12.3. The minimum absolute atomic E-state index is 0.118. The maximum atomic E-state index is 13.4. The van der Waals surface area contributed by atoms with Gasteiger partial charge in [-0.25, -0.2) is 4.79 Å². The van der Waals surface area contributed by atoms with Crippen molar-refractivity contribution in [3.8, 4) is 0 Å². The summed E-state index contributed by atoms with van der Waals surface area (Å²) in [6, 6.07) is 0. The first-order chi connectivity index (χ1) is 31.8. The molecule has 1 aliphatic rings. The molecule has 0 aliphatic carbocycles. The maximum Gasteiger partial charge on any atom is 0.410 e. The lowest BCUT2D eigenvalue weighted by Gasteiger charge is -2.36. The van der Waals surface area contributed by atoms with Gasteiger partial charge in [-0.3, -0.25) is 9.59 Å². The largest absolute Gasteiger partial charge is 0.460 e. The molecule has 0 aromatic rings. The summed E-state index contributed by atoms with van der Waals surface area (Å²) in [5, 5.41) is 0. The third kappa shape index (κ3) is 35.8. The van der Waals surface area contributed by atoms with E-state index in [2.05, 4.69) is 46.4 Å². The Kier molecular flexibility index (Phi) is 41.8. The summed E-state index contributed by atoms with van der Waals surface area (Å²) in [7, 11) is 0. The normalized spacial score (nSPS) is 15.4. The first kappa shape index (κ1) is 61.0. The Hall–Kier alpha value is -1.99. The molecular formula is C53H102N2O10. The van der Waals surface area contributed by atoms with Crippen LogP contribution in [0.5, 0.6) is 0 Å². The highest BCUT2D eigenvalue weighted by Crippen LogP contribution is 2.21. The zero-order chi connectivity index (χ0) is 47.4. The van der Waals surface area contributed by atoms with Gasteiger partial charge in [-0.05, 0) is 45.2 Å². The van der Waals surface area contributed by atoms with Crippen LogP contribution in [0.15, 0.2) is 0 Å². The molecule has 0 unspecified atom stereocenters. The van der Waals surface area contributed by atoms with Crippen LogP contribution in [0.3, 0.4) is 0 Å². The van der Waals surface area contributed by atoms with Crippen LogP contribution in [0.2, 0.25) is 0 Å². The zero-order valence-electron chi connectivity index (χ0n) is 43.1. The predicted octanol–water partition coefficient (Wildman–Crippen LogP) is 13.1. The standard InChI is InChI=1S/C53H102N2O10/c1-7-13-17-21-25-29-39-59-51(60-40-30-26-22-18-14-8-2)36-34-49(56)64-47-44-48(46-55(45-47)53(58)63-43-33-38-54(11-5)12-6)65-50(57)35-37-52(61-41-31-27-23-19-15-9-3)62-42-32-28-24-20-16-10-4/h47-48,51-52H,7-46H2,1-6H3/t47-,48+. The number of rotatable bonds is 46. The lowest BCUT2D eigenvalue weighted by atomic mass is 10.1. The number of hydrogen-bond acceptors (Lipinski definition) is 11. The van der Waals surface area contributed by atoms with E-state index in [1.54, 1.807) is 0 Å². The Balaban J connectivity index is 2.90. The molecule has 65 heavy (non-hydrogen) atoms. The maximum absolute atomic E-state index is 13.4. The molecule has 0 spiro atoms. The van der Waals surface area contributed by atoms with Crippen molar-refractivity contribution in [2.45, 2.75) is 259 Å². The monoisotopic (exact) mass is 927 g/mol. The number of carbonyl (C=O) groups excluding carboxylic acids is 3. The zero-order valence-corrected chi connectivity index (χ0v) is 43.1. The van der Waals surface area contributed by atoms with E-state index in [9.17, 15) is 14.4 Å². The summed E-state index contributed by atoms with van der Waals surface area (Å²) in [6.45, 7) is 18.8. The molecule has 1 saturated heterocycles. The molecule has 1 heterocycles. The minimum atomic E-state index is -0.655. The van der Waals surface area contributed by atoms with E-state index in [1.165, 1.54) is 108 Å². The van der Waals surface area contributed by atoms with E-state index in [0.717, 1.165) is 71.0 Å². The Morgan fingerprint density at radius 1 is 0.462 bits per heavy atom. The Bertz CT molecular complexity index is 993. The minimum Gasteiger partial charge on any atom is -0.460 e. The number of amides is 1. The van der Waals surface area contributed by atoms with Gasteiger partial charge in [0.2, 0.25) is 0 Å². The van der Waals surface area contributed by atoms with Crippen molar-refractivity contribution in [1.82, 2.24) is 9.80 Å². The highest BCUT2D eigenvalue weighted by molar-refractivity contribution is 5.71. The Morgan fingerprint density at radius 2 is 0.800 bits per heavy atom. The quantitative estimate of drug-likeness (QED) is 0.0251. The van der Waals surface area contributed by atoms with Crippen LogP contribution in [-0.4, -0.2) is 118 Å². The molecule has 12 heteroatoms. The average Bonchev–Trinajstić information content (AvgIpc) is 3.30. The predicted molar refractivity (Wildman–Crippen MR) is 263 cm³/mol. The van der Waals surface area contributed by atoms with Crippen LogP contribution in [0, 0.1) is 0 Å². The molecule has 0 radical (unpaired) electrons. The van der Waals surface area contributed by atoms with Gasteiger partial charge < -0.3 is 43.0 Å². The topological polar surface area (TPSA) is 122 Å². The van der Waals surface area contributed by atoms with Gasteiger partial charge in [0.25, 0.3) is 0 Å². The summed E-state index contributed by atoms with van der Waals surface area (Å²) in [4.78, 5) is 44.1. The van der Waals surface area contributed by atoms with E-state index in [1.807, 2.05) is 0 Å². The van der Waals surface area contributed by atoms with Gasteiger partial charge in [0.05, 0.1) is 32.5 Å². The van der Waals surface area contributed by atoms with Crippen LogP contribution in [0.1, 0.15) is 234 Å². The molecule has 12 nitrogen and oxygen atoms in total. The van der Waals surface area contributed by atoms with Gasteiger partial charge in [-0.1, -0.05) is 170 Å². The van der Waals surface area contributed by atoms with E-state index in [0.29, 0.717) is 52.1 Å². The summed E-state index contributed by atoms with van der Waals surface area (Å²) >= 11 is 0. The molecule has 1 rings (SSSR count). The molecule has 0 bridgehead atoms. The van der Waals surface area contributed by atoms with Crippen molar-refractivity contribution >= 4 is 18.0 Å². The first-order valence-electron chi connectivity index (χ1n) is 27.3. The number of hydrogen-bond donors (Lipinski definition) is 0. The number of likely N-dealkylation sites (tertiary alicyclic amines) is 1. The Morgan fingerprint density at radius 3 is 1.14 bits per heavy atom. The highest BCUT2D eigenvalue weighted by Gasteiger charge is 2.35. The van der Waals surface area contributed by atoms with Gasteiger partial charge in [0, 0.05) is 52.2 Å². The van der Waals surface area contributed by atoms with Crippen molar-refractivity contribution in [3.63, 3.8) is 0 Å². The summed E-state index contributed by atoms with van der Waals surface area (Å²) in [5.74, 6) is -0.780. The molecule has 1 aliphatic heterocycles. The fourth-order valence-electron chi connectivity index (χ4n) is 8.19. The third-order valence-electron chi connectivity index (χ3n) is 12.3. The van der Waals surface area contributed by atoms with Gasteiger partial charge >= 0.3 is 18.0 Å². The van der Waals surface area contributed by atoms with Gasteiger partial charge in [0.15, 0.2) is 12.6 Å².